The molecule has 0 aromatic heterocycles. The van der Waals surface area contributed by atoms with E-state index in [1.807, 2.05) is 0 Å². The van der Waals surface area contributed by atoms with Crippen molar-refractivity contribution in [2.75, 3.05) is 0 Å². The lowest BCUT2D eigenvalue weighted by molar-refractivity contribution is -0.00993. The van der Waals surface area contributed by atoms with Gasteiger partial charge in [-0.15, -0.1) is 0 Å². The average molecular weight is 559 g/mol. The van der Waals surface area contributed by atoms with Crippen molar-refractivity contribution in [3.05, 3.63) is 28.8 Å². The Morgan fingerprint density at radius 3 is 1.63 bits per heavy atom. The summed E-state index contributed by atoms with van der Waals surface area (Å²) in [5.74, 6) is 2.94. The van der Waals surface area contributed by atoms with Crippen LogP contribution in [0.1, 0.15) is 135 Å². The van der Waals surface area contributed by atoms with Gasteiger partial charge >= 0.3 is 0 Å². The second-order valence-corrected chi connectivity index (χ2v) is 22.6. The van der Waals surface area contributed by atoms with Crippen LogP contribution in [0.15, 0.2) is 22.1 Å². The highest BCUT2D eigenvalue weighted by Gasteiger charge is 2.52. The highest BCUT2D eigenvalue weighted by atomic mass is 32.2. The van der Waals surface area contributed by atoms with Gasteiger partial charge in [-0.3, -0.25) is 0 Å². The fraction of sp³-hybridized carbons (Fsp3) is 0.781. The molecule has 214 valence electrons. The minimum atomic E-state index is -3.87. The van der Waals surface area contributed by atoms with Crippen LogP contribution in [0.2, 0.25) is 18.1 Å². The smallest absolute Gasteiger partial charge is 0.221 e. The molecule has 4 aliphatic carbocycles. The minimum absolute atomic E-state index is 0.0775. The van der Waals surface area contributed by atoms with Crippen molar-refractivity contribution < 1.29 is 8.42 Å². The topological polar surface area (TPSA) is 49.7 Å². The third-order valence-corrected chi connectivity index (χ3v) is 18.8. The maximum Gasteiger partial charge on any atom is 0.271 e. The second kappa shape index (κ2) is 10.0. The molecule has 4 bridgehead atoms. The van der Waals surface area contributed by atoms with Crippen LogP contribution >= 0.6 is 0 Å². The molecule has 1 aromatic carbocycles. The van der Waals surface area contributed by atoms with E-state index in [2.05, 4.69) is 93.8 Å². The lowest BCUT2D eigenvalue weighted by Gasteiger charge is -2.55. The fourth-order valence-corrected chi connectivity index (χ4v) is 13.5. The summed E-state index contributed by atoms with van der Waals surface area (Å²) in [5, 5.41) is 4.97. The van der Waals surface area contributed by atoms with Crippen molar-refractivity contribution in [2.45, 2.75) is 142 Å². The Bertz CT molecular complexity index is 1110. The molecule has 0 radical (unpaired) electrons. The largest absolute Gasteiger partial charge is 0.271 e. The molecular weight excluding hydrogens is 505 g/mol. The Balaban J connectivity index is 1.90. The van der Waals surface area contributed by atoms with E-state index in [-0.39, 0.29) is 22.3 Å². The standard InChI is InChI=1S/C32H54N2O2SSi/c1-21(2)27-15-28(22(3)4)30(29(16-27)23(5)6)37(35,36)34(38(10,11)31(7,8)9)33-20-32-17-24-12-25(18-32)14-26(13-24)19-32/h15-16,20-26H,12-14,17-19H2,1-11H3/b33-20+. The summed E-state index contributed by atoms with van der Waals surface area (Å²) in [6.07, 6.45) is 9.81. The monoisotopic (exact) mass is 558 g/mol. The van der Waals surface area contributed by atoms with Gasteiger partial charge in [0.2, 0.25) is 8.24 Å². The van der Waals surface area contributed by atoms with Gasteiger partial charge in [-0.05, 0) is 109 Å². The van der Waals surface area contributed by atoms with Crippen LogP contribution in [-0.2, 0) is 10.0 Å². The molecule has 4 nitrogen and oxygen atoms in total. The molecule has 38 heavy (non-hydrogen) atoms. The van der Waals surface area contributed by atoms with Crippen molar-refractivity contribution in [1.82, 2.24) is 4.08 Å². The Kier molecular flexibility index (Phi) is 7.89. The molecule has 0 unspecified atom stereocenters. The maximum atomic E-state index is 15.0. The van der Waals surface area contributed by atoms with E-state index >= 15 is 8.42 Å². The number of benzene rings is 1. The summed E-state index contributed by atoms with van der Waals surface area (Å²) < 4.78 is 31.7. The molecule has 4 saturated carbocycles. The van der Waals surface area contributed by atoms with Crippen LogP contribution in [0.3, 0.4) is 0 Å². The van der Waals surface area contributed by atoms with Gasteiger partial charge in [-0.25, -0.2) is 12.5 Å². The highest BCUT2D eigenvalue weighted by molar-refractivity contribution is 7.90. The van der Waals surface area contributed by atoms with Gasteiger partial charge in [-0.2, -0.15) is 5.10 Å². The van der Waals surface area contributed by atoms with Crippen LogP contribution in [0.4, 0.5) is 0 Å². The van der Waals surface area contributed by atoms with E-state index in [1.54, 1.807) is 4.08 Å². The molecule has 0 amide bonds. The molecule has 4 aliphatic rings. The van der Waals surface area contributed by atoms with Crippen molar-refractivity contribution in [2.24, 2.45) is 28.3 Å². The Morgan fingerprint density at radius 2 is 1.29 bits per heavy atom. The molecular formula is C32H54N2O2SSi. The summed E-state index contributed by atoms with van der Waals surface area (Å²) in [5.41, 5.74) is 3.17. The van der Waals surface area contributed by atoms with Crippen LogP contribution in [0.25, 0.3) is 0 Å². The number of hydrogen-bond acceptors (Lipinski definition) is 3. The Morgan fingerprint density at radius 1 is 0.868 bits per heavy atom. The van der Waals surface area contributed by atoms with E-state index in [0.29, 0.717) is 10.8 Å². The number of hydrogen-bond donors (Lipinski definition) is 0. The first-order valence-electron chi connectivity index (χ1n) is 15.2. The quantitative estimate of drug-likeness (QED) is 0.181. The zero-order chi connectivity index (χ0) is 28.4. The van der Waals surface area contributed by atoms with Crippen molar-refractivity contribution in [1.29, 1.82) is 0 Å². The summed E-state index contributed by atoms with van der Waals surface area (Å²) in [4.78, 5) is 0.513. The third kappa shape index (κ3) is 5.30. The normalized spacial score (nSPS) is 27.9. The van der Waals surface area contributed by atoms with E-state index in [9.17, 15) is 0 Å². The molecule has 0 heterocycles. The first kappa shape index (κ1) is 29.8. The van der Waals surface area contributed by atoms with Gasteiger partial charge in [0.05, 0.1) is 4.90 Å². The van der Waals surface area contributed by atoms with Crippen molar-refractivity contribution in [3.8, 4) is 0 Å². The SMILES string of the molecule is CC(C)c1cc(C(C)C)c(S(=O)(=O)N(/N=C/C23CC4CC(CC(C4)C2)C3)[Si](C)(C)C(C)(C)C)c(C(C)C)c1. The lowest BCUT2D eigenvalue weighted by atomic mass is 9.50. The number of nitrogens with zero attached hydrogens (tertiary/aromatic N) is 2. The molecule has 0 atom stereocenters. The molecule has 4 fully saturated rings. The first-order valence-corrected chi connectivity index (χ1v) is 19.5. The zero-order valence-electron chi connectivity index (χ0n) is 26.1. The third-order valence-electron chi connectivity index (χ3n) is 10.4. The predicted octanol–water partition coefficient (Wildman–Crippen LogP) is 9.25. The van der Waals surface area contributed by atoms with Crippen molar-refractivity contribution in [3.63, 3.8) is 0 Å². The zero-order valence-corrected chi connectivity index (χ0v) is 27.9. The summed E-state index contributed by atoms with van der Waals surface area (Å²) in [6.45, 7) is 23.8. The Labute approximate surface area is 235 Å². The average Bonchev–Trinajstić information content (AvgIpc) is 2.75. The highest BCUT2D eigenvalue weighted by Crippen LogP contribution is 2.59. The van der Waals surface area contributed by atoms with Gasteiger partial charge in [0.25, 0.3) is 10.0 Å². The summed E-state index contributed by atoms with van der Waals surface area (Å²) in [7, 11) is -6.46. The van der Waals surface area contributed by atoms with E-state index in [0.717, 1.165) is 28.9 Å². The van der Waals surface area contributed by atoms with E-state index in [1.165, 1.54) is 44.1 Å². The predicted molar refractivity (Wildman–Crippen MR) is 164 cm³/mol. The summed E-state index contributed by atoms with van der Waals surface area (Å²) in [6, 6.07) is 4.31. The number of rotatable bonds is 8. The van der Waals surface area contributed by atoms with Crippen LogP contribution in [-0.4, -0.2) is 26.9 Å². The van der Waals surface area contributed by atoms with Crippen LogP contribution in [0, 0.1) is 23.2 Å². The molecule has 6 heteroatoms. The van der Waals surface area contributed by atoms with Gasteiger partial charge in [0.15, 0.2) is 0 Å². The van der Waals surface area contributed by atoms with Gasteiger partial charge in [0.1, 0.15) is 0 Å². The number of hydrazone groups is 1. The minimum Gasteiger partial charge on any atom is -0.221 e. The van der Waals surface area contributed by atoms with Crippen LogP contribution in [0.5, 0.6) is 0 Å². The molecule has 0 spiro atoms. The lowest BCUT2D eigenvalue weighted by Crippen LogP contribution is -2.55. The number of sulfonamides is 1. The molecule has 0 saturated heterocycles. The van der Waals surface area contributed by atoms with Crippen molar-refractivity contribution >= 4 is 24.5 Å². The second-order valence-electron chi connectivity index (χ2n) is 15.6. The van der Waals surface area contributed by atoms with E-state index in [4.69, 9.17) is 5.10 Å². The molecule has 5 rings (SSSR count). The van der Waals surface area contributed by atoms with Crippen LogP contribution < -0.4 is 0 Å². The first-order chi connectivity index (χ1) is 17.4. The molecule has 1 aromatic rings. The molecule has 0 N–H and O–H groups in total. The van der Waals surface area contributed by atoms with Gasteiger partial charge in [0, 0.05) is 11.6 Å². The van der Waals surface area contributed by atoms with E-state index < -0.39 is 18.3 Å². The summed E-state index contributed by atoms with van der Waals surface area (Å²) >= 11 is 0. The fourth-order valence-electron chi connectivity index (χ4n) is 7.58. The Hall–Kier alpha value is -1.14. The van der Waals surface area contributed by atoms with Gasteiger partial charge in [-0.1, -0.05) is 74.4 Å². The molecule has 0 aliphatic heterocycles. The van der Waals surface area contributed by atoms with Gasteiger partial charge < -0.3 is 0 Å². The maximum absolute atomic E-state index is 15.0.